The van der Waals surface area contributed by atoms with E-state index in [-0.39, 0.29) is 43.5 Å². The highest BCUT2D eigenvalue weighted by Gasteiger charge is 2.44. The minimum Gasteiger partial charge on any atom is -0.486 e. The molecule has 22 nitrogen and oxygen atoms in total. The Hall–Kier alpha value is -8.41. The lowest BCUT2D eigenvalue weighted by molar-refractivity contribution is -0.142. The Morgan fingerprint density at radius 2 is 1.76 bits per heavy atom. The highest BCUT2D eigenvalue weighted by atomic mass is 19.1. The number of primary amides is 1. The van der Waals surface area contributed by atoms with Gasteiger partial charge in [-0.1, -0.05) is 55.5 Å². The van der Waals surface area contributed by atoms with E-state index in [1.165, 1.54) is 22.0 Å². The van der Waals surface area contributed by atoms with Gasteiger partial charge in [0.05, 0.1) is 55.6 Å². The van der Waals surface area contributed by atoms with Gasteiger partial charge in [0.15, 0.2) is 5.75 Å². The van der Waals surface area contributed by atoms with Gasteiger partial charge >= 0.3 is 6.01 Å². The Balaban J connectivity index is 0.833. The van der Waals surface area contributed by atoms with Gasteiger partial charge in [-0.2, -0.15) is 20.2 Å². The van der Waals surface area contributed by atoms with Crippen LogP contribution in [0.5, 0.6) is 11.8 Å². The molecule has 5 atom stereocenters. The first-order valence-electron chi connectivity index (χ1n) is 27.1. The molecule has 12 rings (SSSR count). The van der Waals surface area contributed by atoms with Crippen molar-refractivity contribution in [1.82, 2.24) is 60.1 Å². The number of carbonyl (C=O) groups is 3. The molecule has 4 fully saturated rings. The summed E-state index contributed by atoms with van der Waals surface area (Å²) in [5.41, 5.74) is 13.0. The van der Waals surface area contributed by atoms with Crippen molar-refractivity contribution in [2.75, 3.05) is 37.8 Å². The number of rotatable bonds is 18. The van der Waals surface area contributed by atoms with E-state index in [2.05, 4.69) is 42.0 Å². The van der Waals surface area contributed by atoms with Crippen LogP contribution in [0.1, 0.15) is 92.6 Å². The van der Waals surface area contributed by atoms with Crippen LogP contribution in [0.25, 0.3) is 49.9 Å². The molecular weight excluding hydrogens is 1030 g/mol. The number of β-amino-alcohol motifs (C(OH)–C–C–N with tert-alkyl or cyclic N) is 1. The Kier molecular flexibility index (Phi) is 14.2. The first kappa shape index (κ1) is 52.3. The number of benzene rings is 4. The number of nitrogens with zero attached hydrogens (tertiary/aromatic N) is 11. The third-order valence-corrected chi connectivity index (χ3v) is 15.9. The summed E-state index contributed by atoms with van der Waals surface area (Å²) < 4.78 is 38.4. The maximum absolute atomic E-state index is 16.1. The van der Waals surface area contributed by atoms with Crippen LogP contribution in [-0.4, -0.2) is 140 Å². The lowest BCUT2D eigenvalue weighted by atomic mass is 9.88. The second-order valence-corrected chi connectivity index (χ2v) is 21.5. The van der Waals surface area contributed by atoms with Crippen molar-refractivity contribution < 1.29 is 43.2 Å². The molecule has 1 saturated carbocycles. The van der Waals surface area contributed by atoms with E-state index in [0.717, 1.165) is 35.0 Å². The molecule has 0 radical (unpaired) electrons. The number of ether oxygens (including phenoxy) is 3. The zero-order valence-electron chi connectivity index (χ0n) is 44.4. The second-order valence-electron chi connectivity index (χ2n) is 21.5. The van der Waals surface area contributed by atoms with Crippen LogP contribution in [-0.2, 0) is 25.7 Å². The van der Waals surface area contributed by atoms with Crippen LogP contribution >= 0.6 is 0 Å². The van der Waals surface area contributed by atoms with Gasteiger partial charge in [0.1, 0.15) is 66.3 Å². The number of anilines is 1. The van der Waals surface area contributed by atoms with Crippen LogP contribution in [0.4, 0.5) is 10.2 Å². The number of carbonyl (C=O) groups excluding carboxylic acids is 3. The number of aliphatic hydroxyl groups excluding tert-OH is 2. The summed E-state index contributed by atoms with van der Waals surface area (Å²) in [6, 6.07) is 15.1. The molecule has 7 heterocycles. The van der Waals surface area contributed by atoms with Crippen molar-refractivity contribution in [2.24, 2.45) is 11.7 Å². The fraction of sp³-hybridized carbons (Fsp3) is 0.404. The summed E-state index contributed by atoms with van der Waals surface area (Å²) >= 11 is 0. The van der Waals surface area contributed by atoms with E-state index in [1.54, 1.807) is 54.6 Å². The topological polar surface area (TPSA) is 280 Å². The van der Waals surface area contributed by atoms with Crippen molar-refractivity contribution in [3.8, 4) is 39.8 Å². The molecule has 23 heteroatoms. The molecule has 3 saturated heterocycles. The number of amides is 3. The molecule has 414 valence electrons. The molecule has 4 aromatic carbocycles. The fourth-order valence-corrected chi connectivity index (χ4v) is 11.3. The third kappa shape index (κ3) is 10.0. The molecule has 0 unspecified atom stereocenters. The fourth-order valence-electron chi connectivity index (χ4n) is 11.3. The molecule has 80 heavy (non-hydrogen) atoms. The highest BCUT2D eigenvalue weighted by molar-refractivity contribution is 6.06. The van der Waals surface area contributed by atoms with Crippen molar-refractivity contribution in [1.29, 1.82) is 0 Å². The van der Waals surface area contributed by atoms with Crippen LogP contribution in [0.15, 0.2) is 85.7 Å². The normalized spacial score (nSPS) is 19.4. The zero-order chi connectivity index (χ0) is 55.3. The van der Waals surface area contributed by atoms with Gasteiger partial charge < -0.3 is 45.3 Å². The number of hydrogen-bond donors (Lipinski definition) is 5. The molecule has 6 N–H and O–H groups in total. The SMILES string of the molecule is Cc1c(F)cc2[nH]ncc2c1-c1c(C2CC2)cc2c(N3CC[C@H]3C(N)=O)nc(OC3CCOCC3)nc2c1OCc1ccc(-c2cn([C@H](C(=O)N3C[C@H](O)C[C@H]3C(=O)N[C@@H](CO)c3ccc(-n4cncn4)cc3)C(C)C)nn2)cc1. The molecule has 1 aliphatic carbocycles. The van der Waals surface area contributed by atoms with Crippen LogP contribution in [0, 0.1) is 18.7 Å². The van der Waals surface area contributed by atoms with Crippen molar-refractivity contribution in [3.05, 3.63) is 114 Å². The van der Waals surface area contributed by atoms with Gasteiger partial charge in [0.25, 0.3) is 0 Å². The third-order valence-electron chi connectivity index (χ3n) is 15.9. The average molecular weight is 1090 g/mol. The monoisotopic (exact) mass is 1090 g/mol. The molecule has 3 amide bonds. The molecule has 0 spiro atoms. The van der Waals surface area contributed by atoms with Gasteiger partial charge in [0, 0.05) is 59.8 Å². The van der Waals surface area contributed by atoms with E-state index in [0.29, 0.717) is 101 Å². The lowest BCUT2D eigenvalue weighted by Crippen LogP contribution is -2.55. The zero-order valence-corrected chi connectivity index (χ0v) is 44.4. The maximum Gasteiger partial charge on any atom is 0.319 e. The first-order chi connectivity index (χ1) is 38.8. The molecule has 4 aliphatic rings. The minimum absolute atomic E-state index is 0.0173. The van der Waals surface area contributed by atoms with Gasteiger partial charge in [-0.25, -0.2) is 18.7 Å². The molecule has 0 bridgehead atoms. The van der Waals surface area contributed by atoms with E-state index >= 15 is 4.39 Å². The number of nitrogens with one attached hydrogen (secondary N) is 2. The number of fused-ring (bicyclic) bond motifs is 2. The molecular formula is C57H61FN14O8. The maximum atomic E-state index is 16.1. The van der Waals surface area contributed by atoms with Gasteiger partial charge in [-0.15, -0.1) is 5.10 Å². The van der Waals surface area contributed by atoms with E-state index in [4.69, 9.17) is 29.9 Å². The standard InChI is InChI=1S/C57H61FN14O8/c1-30(2)51(56(77)70-24-37(74)20-47(70)55(76)63-45(26-73)35-10-12-36(13-11-35)72-29-60-28-62-72)71-25-44(67-68-71)34-6-4-32(5-7-34)27-79-52-49(48-31(3)42(58)22-43-41(48)23-61-66-43)39(33-8-9-33)21-40-50(52)64-57(80-38-15-18-78-19-16-38)65-54(40)69-17-14-46(69)53(59)75/h4-7,10-13,21-23,25,28-30,33,37-38,45-47,51,73-74H,8-9,14-20,24,26-27H2,1-3H3,(H2,59,75)(H,61,66)(H,63,76)/t37-,45+,46+,47+,51+/m1/s1. The number of aromatic nitrogens is 10. The smallest absolute Gasteiger partial charge is 0.319 e. The van der Waals surface area contributed by atoms with Gasteiger partial charge in [-0.3, -0.25) is 19.5 Å². The number of aliphatic hydroxyl groups is 2. The summed E-state index contributed by atoms with van der Waals surface area (Å²) in [5, 5.41) is 45.8. The Labute approximate surface area is 458 Å². The Morgan fingerprint density at radius 1 is 0.975 bits per heavy atom. The van der Waals surface area contributed by atoms with Crippen LogP contribution < -0.4 is 25.4 Å². The largest absolute Gasteiger partial charge is 0.486 e. The highest BCUT2D eigenvalue weighted by Crippen LogP contribution is 2.53. The molecule has 4 aromatic heterocycles. The van der Waals surface area contributed by atoms with Crippen LogP contribution in [0.2, 0.25) is 0 Å². The number of nitrogens with two attached hydrogens (primary N) is 1. The predicted molar refractivity (Wildman–Crippen MR) is 290 cm³/mol. The van der Waals surface area contributed by atoms with Gasteiger partial charge in [-0.05, 0) is 84.5 Å². The summed E-state index contributed by atoms with van der Waals surface area (Å²) in [5.74, 6) is -1.04. The van der Waals surface area contributed by atoms with E-state index < -0.39 is 60.4 Å². The average Bonchev–Trinajstić information content (AvgIpc) is 3.86. The summed E-state index contributed by atoms with van der Waals surface area (Å²) in [7, 11) is 0. The quantitative estimate of drug-likeness (QED) is 0.0705. The van der Waals surface area contributed by atoms with Crippen molar-refractivity contribution in [2.45, 2.75) is 108 Å². The van der Waals surface area contributed by atoms with E-state index in [9.17, 15) is 24.6 Å². The van der Waals surface area contributed by atoms with Crippen molar-refractivity contribution in [3.63, 3.8) is 0 Å². The second kappa shape index (κ2) is 21.7. The summed E-state index contributed by atoms with van der Waals surface area (Å²) in [6.45, 7) is 6.72. The Bertz CT molecular complexity index is 3600. The van der Waals surface area contributed by atoms with Crippen molar-refractivity contribution >= 4 is 45.3 Å². The lowest BCUT2D eigenvalue weighted by Gasteiger charge is -2.40. The number of H-pyrrole nitrogens is 1. The van der Waals surface area contributed by atoms with E-state index in [1.807, 2.05) is 43.0 Å². The van der Waals surface area contributed by atoms with Crippen LogP contribution in [0.3, 0.4) is 0 Å². The predicted octanol–water partition coefficient (Wildman–Crippen LogP) is 5.55. The van der Waals surface area contributed by atoms with Gasteiger partial charge in [0.2, 0.25) is 17.7 Å². The Morgan fingerprint density at radius 3 is 2.45 bits per heavy atom. The molecule has 8 aromatic rings. The number of aromatic amines is 1. The summed E-state index contributed by atoms with van der Waals surface area (Å²) in [6.07, 6.45) is 8.91. The minimum atomic E-state index is -1.01. The summed E-state index contributed by atoms with van der Waals surface area (Å²) in [4.78, 5) is 58.6. The number of hydrogen-bond acceptors (Lipinski definition) is 16. The number of halogens is 1. The number of likely N-dealkylation sites (tertiary alicyclic amines) is 1. The first-order valence-corrected chi connectivity index (χ1v) is 27.1. The molecule has 3 aliphatic heterocycles.